The average molecular weight is 272 g/mol. The van der Waals surface area contributed by atoms with Crippen molar-refractivity contribution in [2.24, 2.45) is 0 Å². The highest BCUT2D eigenvalue weighted by molar-refractivity contribution is 5.94. The smallest absolute Gasteiger partial charge is 0.251 e. The van der Waals surface area contributed by atoms with Crippen LogP contribution in [0.15, 0.2) is 36.5 Å². The van der Waals surface area contributed by atoms with Crippen LogP contribution >= 0.6 is 0 Å². The van der Waals surface area contributed by atoms with E-state index in [4.69, 9.17) is 0 Å². The van der Waals surface area contributed by atoms with Crippen molar-refractivity contribution in [3.63, 3.8) is 0 Å². The molecule has 0 spiro atoms. The van der Waals surface area contributed by atoms with Crippen LogP contribution in [0.5, 0.6) is 0 Å². The molecule has 1 heterocycles. The number of hydrogen-bond donors (Lipinski definition) is 1. The molecular weight excluding hydrogens is 255 g/mol. The molecule has 20 heavy (non-hydrogen) atoms. The van der Waals surface area contributed by atoms with E-state index in [0.29, 0.717) is 0 Å². The van der Waals surface area contributed by atoms with Crippen LogP contribution in [0.1, 0.15) is 40.0 Å². The maximum atomic E-state index is 13.0. The zero-order valence-corrected chi connectivity index (χ0v) is 11.8. The van der Waals surface area contributed by atoms with E-state index in [1.807, 2.05) is 32.9 Å². The van der Waals surface area contributed by atoms with Crippen molar-refractivity contribution in [1.82, 2.24) is 10.3 Å². The quantitative estimate of drug-likeness (QED) is 0.871. The highest BCUT2D eigenvalue weighted by Gasteiger charge is 2.13. The molecule has 2 rings (SSSR count). The van der Waals surface area contributed by atoms with Gasteiger partial charge in [-0.1, -0.05) is 23.8 Å². The van der Waals surface area contributed by atoms with Gasteiger partial charge in [0, 0.05) is 17.8 Å². The Balaban J connectivity index is 2.15. The number of pyridine rings is 1. The molecule has 4 heteroatoms. The van der Waals surface area contributed by atoms with E-state index in [9.17, 15) is 9.18 Å². The van der Waals surface area contributed by atoms with Gasteiger partial charge in [-0.15, -0.1) is 0 Å². The fourth-order valence-corrected chi connectivity index (χ4v) is 2.21. The van der Waals surface area contributed by atoms with Gasteiger partial charge in [0.15, 0.2) is 0 Å². The second kappa shape index (κ2) is 5.82. The van der Waals surface area contributed by atoms with Crippen molar-refractivity contribution in [2.75, 3.05) is 0 Å². The number of nitrogens with one attached hydrogen (secondary N) is 1. The first-order chi connectivity index (χ1) is 9.47. The van der Waals surface area contributed by atoms with E-state index in [1.165, 1.54) is 17.8 Å². The number of halogens is 1. The molecule has 0 saturated carbocycles. The Morgan fingerprint density at radius 2 is 2.00 bits per heavy atom. The number of nitrogens with zero attached hydrogens (tertiary/aromatic N) is 1. The Labute approximate surface area is 117 Å². The van der Waals surface area contributed by atoms with Gasteiger partial charge < -0.3 is 5.32 Å². The lowest BCUT2D eigenvalue weighted by atomic mass is 10.00. The minimum atomic E-state index is -0.656. The second-order valence-electron chi connectivity index (χ2n) is 4.92. The average Bonchev–Trinajstić information content (AvgIpc) is 2.38. The lowest BCUT2D eigenvalue weighted by molar-refractivity contribution is 0.0939. The molecule has 0 aliphatic rings. The standard InChI is InChI=1S/C16H17FN2O/c1-10-4-5-14(11(2)8-10)12(3)19-16(20)13-6-7-18-15(17)9-13/h4-9,12H,1-3H3,(H,19,20). The van der Waals surface area contributed by atoms with Crippen LogP contribution in [-0.2, 0) is 0 Å². The van der Waals surface area contributed by atoms with Crippen molar-refractivity contribution in [1.29, 1.82) is 0 Å². The molecule has 0 saturated heterocycles. The largest absolute Gasteiger partial charge is 0.346 e. The zero-order chi connectivity index (χ0) is 14.7. The Morgan fingerprint density at radius 1 is 1.25 bits per heavy atom. The molecule has 0 bridgehead atoms. The zero-order valence-electron chi connectivity index (χ0n) is 11.8. The summed E-state index contributed by atoms with van der Waals surface area (Å²) >= 11 is 0. The van der Waals surface area contributed by atoms with Crippen molar-refractivity contribution >= 4 is 5.91 Å². The van der Waals surface area contributed by atoms with E-state index in [2.05, 4.69) is 16.4 Å². The number of rotatable bonds is 3. The van der Waals surface area contributed by atoms with Crippen molar-refractivity contribution < 1.29 is 9.18 Å². The highest BCUT2D eigenvalue weighted by atomic mass is 19.1. The molecule has 0 radical (unpaired) electrons. The topological polar surface area (TPSA) is 42.0 Å². The number of hydrogen-bond acceptors (Lipinski definition) is 2. The van der Waals surface area contributed by atoms with Gasteiger partial charge in [-0.25, -0.2) is 4.98 Å². The minimum Gasteiger partial charge on any atom is -0.346 e. The molecule has 104 valence electrons. The third-order valence-electron chi connectivity index (χ3n) is 3.23. The van der Waals surface area contributed by atoms with Crippen LogP contribution in [0.4, 0.5) is 4.39 Å². The van der Waals surface area contributed by atoms with Gasteiger partial charge in [-0.05, 0) is 38.0 Å². The number of aromatic nitrogens is 1. The first-order valence-electron chi connectivity index (χ1n) is 6.47. The molecule has 1 amide bonds. The molecule has 1 unspecified atom stereocenters. The molecule has 3 nitrogen and oxygen atoms in total. The summed E-state index contributed by atoms with van der Waals surface area (Å²) in [5, 5.41) is 2.87. The maximum Gasteiger partial charge on any atom is 0.251 e. The summed E-state index contributed by atoms with van der Waals surface area (Å²) < 4.78 is 13.0. The number of carbonyl (C=O) groups excluding carboxylic acids is 1. The first kappa shape index (κ1) is 14.2. The lowest BCUT2D eigenvalue weighted by Crippen LogP contribution is -2.27. The monoisotopic (exact) mass is 272 g/mol. The first-order valence-corrected chi connectivity index (χ1v) is 6.47. The van der Waals surface area contributed by atoms with Gasteiger partial charge in [0.1, 0.15) is 0 Å². The summed E-state index contributed by atoms with van der Waals surface area (Å²) in [6.45, 7) is 5.95. The van der Waals surface area contributed by atoms with Gasteiger partial charge in [0.05, 0.1) is 6.04 Å². The molecular formula is C16H17FN2O. The Morgan fingerprint density at radius 3 is 2.65 bits per heavy atom. The normalized spacial score (nSPS) is 12.0. The molecule has 0 fully saturated rings. The summed E-state index contributed by atoms with van der Waals surface area (Å²) in [5.74, 6) is -0.962. The van der Waals surface area contributed by atoms with Crippen LogP contribution < -0.4 is 5.32 Å². The van der Waals surface area contributed by atoms with Gasteiger partial charge in [-0.2, -0.15) is 4.39 Å². The number of carbonyl (C=O) groups is 1. The SMILES string of the molecule is Cc1ccc(C(C)NC(=O)c2ccnc(F)c2)c(C)c1. The summed E-state index contributed by atoms with van der Waals surface area (Å²) in [6, 6.07) is 8.57. The van der Waals surface area contributed by atoms with E-state index >= 15 is 0 Å². The summed E-state index contributed by atoms with van der Waals surface area (Å²) in [7, 11) is 0. The van der Waals surface area contributed by atoms with Crippen molar-refractivity contribution in [3.8, 4) is 0 Å². The predicted octanol–water partition coefficient (Wildman–Crippen LogP) is 3.33. The van der Waals surface area contributed by atoms with Gasteiger partial charge in [0.2, 0.25) is 5.95 Å². The third-order valence-corrected chi connectivity index (χ3v) is 3.23. The molecule has 0 aliphatic carbocycles. The Bertz CT molecular complexity index is 640. The van der Waals surface area contributed by atoms with Gasteiger partial charge in [0.25, 0.3) is 5.91 Å². The van der Waals surface area contributed by atoms with E-state index in [-0.39, 0.29) is 17.5 Å². The van der Waals surface area contributed by atoms with Crippen LogP contribution in [0.25, 0.3) is 0 Å². The Kier molecular flexibility index (Phi) is 4.13. The number of aryl methyl sites for hydroxylation is 2. The molecule has 1 aromatic heterocycles. The van der Waals surface area contributed by atoms with Gasteiger partial charge >= 0.3 is 0 Å². The maximum absolute atomic E-state index is 13.0. The molecule has 1 atom stereocenters. The number of amides is 1. The van der Waals surface area contributed by atoms with E-state index in [0.717, 1.165) is 17.2 Å². The fraction of sp³-hybridized carbons (Fsp3) is 0.250. The molecule has 1 N–H and O–H groups in total. The van der Waals surface area contributed by atoms with Crippen LogP contribution in [0.2, 0.25) is 0 Å². The van der Waals surface area contributed by atoms with Crippen LogP contribution in [0.3, 0.4) is 0 Å². The fourth-order valence-electron chi connectivity index (χ4n) is 2.21. The molecule has 0 aliphatic heterocycles. The van der Waals surface area contributed by atoms with E-state index in [1.54, 1.807) is 0 Å². The summed E-state index contributed by atoms with van der Waals surface area (Å²) in [6.07, 6.45) is 1.28. The Hall–Kier alpha value is -2.23. The second-order valence-corrected chi connectivity index (χ2v) is 4.92. The molecule has 2 aromatic rings. The van der Waals surface area contributed by atoms with Crippen molar-refractivity contribution in [2.45, 2.75) is 26.8 Å². The summed E-state index contributed by atoms with van der Waals surface area (Å²) in [4.78, 5) is 15.5. The number of benzene rings is 1. The minimum absolute atomic E-state index is 0.140. The van der Waals surface area contributed by atoms with Gasteiger partial charge in [-0.3, -0.25) is 4.79 Å². The van der Waals surface area contributed by atoms with Crippen LogP contribution in [0, 0.1) is 19.8 Å². The lowest BCUT2D eigenvalue weighted by Gasteiger charge is -2.17. The third kappa shape index (κ3) is 3.20. The summed E-state index contributed by atoms with van der Waals surface area (Å²) in [5.41, 5.74) is 3.63. The van der Waals surface area contributed by atoms with E-state index < -0.39 is 5.95 Å². The van der Waals surface area contributed by atoms with Crippen molar-refractivity contribution in [3.05, 3.63) is 64.7 Å². The molecule has 1 aromatic carbocycles. The predicted molar refractivity (Wildman–Crippen MR) is 76.0 cm³/mol. The van der Waals surface area contributed by atoms with Crippen LogP contribution in [-0.4, -0.2) is 10.9 Å². The highest BCUT2D eigenvalue weighted by Crippen LogP contribution is 2.19.